The van der Waals surface area contributed by atoms with Crippen LogP contribution in [0.15, 0.2) is 53.4 Å². The third kappa shape index (κ3) is 6.65. The maximum absolute atomic E-state index is 12.8. The van der Waals surface area contributed by atoms with E-state index >= 15 is 0 Å². The Labute approximate surface area is 193 Å². The number of benzene rings is 2. The van der Waals surface area contributed by atoms with Gasteiger partial charge in [-0.25, -0.2) is 18.1 Å². The molecule has 3 aromatic rings. The molecule has 1 unspecified atom stereocenters. The average Bonchev–Trinajstić information content (AvgIpc) is 3.25. The molecule has 0 saturated heterocycles. The highest BCUT2D eigenvalue weighted by atomic mass is 32.2. The lowest BCUT2D eigenvalue weighted by molar-refractivity contribution is 0.414. The molecular weight excluding hydrogens is 448 g/mol. The Hall–Kier alpha value is -2.69. The van der Waals surface area contributed by atoms with Crippen molar-refractivity contribution in [3.05, 3.63) is 59.9 Å². The van der Waals surface area contributed by atoms with Crippen LogP contribution in [0.1, 0.15) is 31.2 Å². The van der Waals surface area contributed by atoms with Crippen molar-refractivity contribution in [2.75, 3.05) is 26.1 Å². The molecule has 1 aromatic heterocycles. The quantitative estimate of drug-likeness (QED) is 0.411. The van der Waals surface area contributed by atoms with Crippen molar-refractivity contribution < 1.29 is 17.9 Å². The first-order valence-electron chi connectivity index (χ1n) is 10.3. The first-order valence-corrected chi connectivity index (χ1v) is 12.5. The summed E-state index contributed by atoms with van der Waals surface area (Å²) < 4.78 is 43.1. The zero-order valence-corrected chi connectivity index (χ0v) is 20.0. The summed E-state index contributed by atoms with van der Waals surface area (Å²) in [5, 5.41) is 3.88. The Kier molecular flexibility index (Phi) is 8.43. The summed E-state index contributed by atoms with van der Waals surface area (Å²) in [5.41, 5.74) is 1.06. The van der Waals surface area contributed by atoms with E-state index in [4.69, 9.17) is 9.47 Å². The highest BCUT2D eigenvalue weighted by Gasteiger charge is 2.20. The molecule has 0 aliphatic rings. The van der Waals surface area contributed by atoms with Crippen LogP contribution in [-0.2, 0) is 16.4 Å². The van der Waals surface area contributed by atoms with Gasteiger partial charge < -0.3 is 14.8 Å². The number of methoxy groups -OCH3 is 2. The average molecular weight is 477 g/mol. The molecule has 172 valence electrons. The van der Waals surface area contributed by atoms with Crippen molar-refractivity contribution in [1.29, 1.82) is 0 Å². The molecule has 0 bridgehead atoms. The number of ether oxygens (including phenoxy) is 2. The van der Waals surface area contributed by atoms with Gasteiger partial charge in [0, 0.05) is 30.5 Å². The van der Waals surface area contributed by atoms with Crippen molar-refractivity contribution in [3.8, 4) is 11.5 Å². The van der Waals surface area contributed by atoms with Crippen LogP contribution in [0.4, 0.5) is 5.13 Å². The summed E-state index contributed by atoms with van der Waals surface area (Å²) in [6.07, 6.45) is 2.13. The molecule has 0 saturated carbocycles. The van der Waals surface area contributed by atoms with E-state index in [1.807, 2.05) is 31.2 Å². The normalized spacial score (nSPS) is 12.3. The van der Waals surface area contributed by atoms with Gasteiger partial charge in [0.2, 0.25) is 15.2 Å². The molecule has 0 aliphatic heterocycles. The Morgan fingerprint density at radius 3 is 2.50 bits per heavy atom. The molecule has 8 nitrogen and oxygen atoms in total. The lowest BCUT2D eigenvalue weighted by Gasteiger charge is -2.18. The van der Waals surface area contributed by atoms with Crippen LogP contribution in [0.5, 0.6) is 11.5 Å². The third-order valence-electron chi connectivity index (χ3n) is 4.79. The number of nitrogens with one attached hydrogen (secondary N) is 2. The van der Waals surface area contributed by atoms with Crippen LogP contribution in [0, 0.1) is 0 Å². The van der Waals surface area contributed by atoms with Gasteiger partial charge in [0.1, 0.15) is 17.3 Å². The van der Waals surface area contributed by atoms with Crippen LogP contribution < -0.4 is 19.5 Å². The van der Waals surface area contributed by atoms with Gasteiger partial charge in [-0.3, -0.25) is 0 Å². The van der Waals surface area contributed by atoms with Crippen molar-refractivity contribution in [3.63, 3.8) is 0 Å². The molecule has 0 aliphatic carbocycles. The molecule has 2 N–H and O–H groups in total. The summed E-state index contributed by atoms with van der Waals surface area (Å²) in [6.45, 7) is 2.43. The summed E-state index contributed by atoms with van der Waals surface area (Å²) in [5.74, 6) is 2.11. The molecule has 0 amide bonds. The molecule has 10 heteroatoms. The molecule has 32 heavy (non-hydrogen) atoms. The first kappa shape index (κ1) is 24.0. The molecule has 0 spiro atoms. The van der Waals surface area contributed by atoms with Crippen molar-refractivity contribution in [2.45, 2.75) is 37.1 Å². The number of hydrogen-bond acceptors (Lipinski definition) is 8. The minimum Gasteiger partial charge on any atom is -0.497 e. The maximum Gasteiger partial charge on any atom is 0.240 e. The third-order valence-corrected chi connectivity index (χ3v) is 7.04. The van der Waals surface area contributed by atoms with E-state index in [1.54, 1.807) is 26.4 Å². The second-order valence-electron chi connectivity index (χ2n) is 7.21. The summed E-state index contributed by atoms with van der Waals surface area (Å²) in [6, 6.07) is 13.8. The van der Waals surface area contributed by atoms with E-state index in [0.717, 1.165) is 17.7 Å². The Balaban J connectivity index is 1.60. The van der Waals surface area contributed by atoms with E-state index in [9.17, 15) is 8.42 Å². The topological polar surface area (TPSA) is 102 Å². The molecule has 3 rings (SSSR count). The molecular formula is C22H28N4O4S2. The number of aromatic nitrogens is 2. The van der Waals surface area contributed by atoms with E-state index in [-0.39, 0.29) is 10.9 Å². The molecule has 1 heterocycles. The van der Waals surface area contributed by atoms with Crippen LogP contribution in [0.3, 0.4) is 0 Å². The predicted molar refractivity (Wildman–Crippen MR) is 126 cm³/mol. The fraction of sp³-hybridized carbons (Fsp3) is 0.364. The fourth-order valence-electron chi connectivity index (χ4n) is 3.17. The lowest BCUT2D eigenvalue weighted by Crippen LogP contribution is -2.39. The second-order valence-corrected chi connectivity index (χ2v) is 9.67. The van der Waals surface area contributed by atoms with Gasteiger partial charge in [-0.05, 0) is 48.4 Å². The Bertz CT molecular complexity index is 1100. The SMILES string of the molecule is CCCC(CNc1nc(Cc2cccc(OC)c2)ns1)NS(=O)(=O)c1ccc(OC)cc1. The monoisotopic (exact) mass is 476 g/mol. The standard InChI is InChI=1S/C22H28N4O4S2/c1-4-6-17(26-32(27,28)20-11-9-18(29-2)10-12-20)15-23-22-24-21(25-31-22)14-16-7-5-8-19(13-16)30-3/h5,7-13,17,26H,4,6,14-15H2,1-3H3,(H,23,24,25). The summed E-state index contributed by atoms with van der Waals surface area (Å²) >= 11 is 1.26. The number of hydrogen-bond donors (Lipinski definition) is 2. The van der Waals surface area contributed by atoms with Gasteiger partial charge in [0.05, 0.1) is 19.1 Å². The highest BCUT2D eigenvalue weighted by molar-refractivity contribution is 7.89. The van der Waals surface area contributed by atoms with Gasteiger partial charge in [-0.1, -0.05) is 25.5 Å². The molecule has 2 aromatic carbocycles. The molecule has 0 radical (unpaired) electrons. The minimum atomic E-state index is -3.64. The highest BCUT2D eigenvalue weighted by Crippen LogP contribution is 2.19. The van der Waals surface area contributed by atoms with Gasteiger partial charge >= 0.3 is 0 Å². The van der Waals surface area contributed by atoms with Gasteiger partial charge in [-0.15, -0.1) is 0 Å². The van der Waals surface area contributed by atoms with Gasteiger partial charge in [-0.2, -0.15) is 4.37 Å². The lowest BCUT2D eigenvalue weighted by atomic mass is 10.1. The Morgan fingerprint density at radius 2 is 1.81 bits per heavy atom. The largest absolute Gasteiger partial charge is 0.497 e. The first-order chi connectivity index (χ1) is 15.4. The molecule has 0 fully saturated rings. The number of anilines is 1. The molecule has 1 atom stereocenters. The van der Waals surface area contributed by atoms with Crippen LogP contribution in [0.25, 0.3) is 0 Å². The van der Waals surface area contributed by atoms with E-state index in [2.05, 4.69) is 19.4 Å². The Morgan fingerprint density at radius 1 is 1.06 bits per heavy atom. The van der Waals surface area contributed by atoms with Crippen molar-refractivity contribution >= 4 is 26.7 Å². The summed E-state index contributed by atoms with van der Waals surface area (Å²) in [7, 11) is -0.465. The zero-order valence-electron chi connectivity index (χ0n) is 18.4. The zero-order chi connectivity index (χ0) is 23.0. The van der Waals surface area contributed by atoms with Crippen molar-refractivity contribution in [2.24, 2.45) is 0 Å². The van der Waals surface area contributed by atoms with E-state index < -0.39 is 10.0 Å². The van der Waals surface area contributed by atoms with E-state index in [0.29, 0.717) is 36.1 Å². The predicted octanol–water partition coefficient (Wildman–Crippen LogP) is 3.71. The van der Waals surface area contributed by atoms with Crippen LogP contribution in [-0.4, -0.2) is 44.6 Å². The van der Waals surface area contributed by atoms with Crippen LogP contribution >= 0.6 is 11.5 Å². The number of rotatable bonds is 12. The summed E-state index contributed by atoms with van der Waals surface area (Å²) in [4.78, 5) is 4.74. The minimum absolute atomic E-state index is 0.205. The van der Waals surface area contributed by atoms with Crippen LogP contribution in [0.2, 0.25) is 0 Å². The smallest absolute Gasteiger partial charge is 0.240 e. The van der Waals surface area contributed by atoms with Crippen molar-refractivity contribution in [1.82, 2.24) is 14.1 Å². The second kappa shape index (κ2) is 11.3. The number of nitrogens with zero attached hydrogens (tertiary/aromatic N) is 2. The fourth-order valence-corrected chi connectivity index (χ4v) is 5.03. The van der Waals surface area contributed by atoms with Gasteiger partial charge in [0.15, 0.2) is 0 Å². The van der Waals surface area contributed by atoms with Gasteiger partial charge in [0.25, 0.3) is 0 Å². The number of sulfonamides is 1. The maximum atomic E-state index is 12.8. The van der Waals surface area contributed by atoms with E-state index in [1.165, 1.54) is 23.7 Å².